The van der Waals surface area contributed by atoms with E-state index >= 15 is 0 Å². The molecule has 0 amide bonds. The van der Waals surface area contributed by atoms with E-state index in [0.717, 1.165) is 12.1 Å². The maximum absolute atomic E-state index is 13.4. The Morgan fingerprint density at radius 3 is 2.59 bits per heavy atom. The lowest BCUT2D eigenvalue weighted by molar-refractivity contribution is -0.136. The molecule has 0 radical (unpaired) electrons. The topological polar surface area (TPSA) is 66.0 Å². The van der Waals surface area contributed by atoms with E-state index in [4.69, 9.17) is 5.11 Å². The van der Waals surface area contributed by atoms with Gasteiger partial charge in [-0.15, -0.1) is 0 Å². The highest BCUT2D eigenvalue weighted by Crippen LogP contribution is 2.24. The molecule has 0 saturated heterocycles. The number of nitrogens with zero attached hydrogens (tertiary/aromatic N) is 1. The molecule has 0 aliphatic rings. The Labute approximate surface area is 94.9 Å². The van der Waals surface area contributed by atoms with Gasteiger partial charge in [0.25, 0.3) is 0 Å². The molecule has 17 heavy (non-hydrogen) atoms. The van der Waals surface area contributed by atoms with E-state index in [1.807, 2.05) is 0 Å². The monoisotopic (exact) mass is 238 g/mol. The molecule has 0 bridgehead atoms. The normalized spacial score (nSPS) is 10.5. The molecule has 1 aromatic carbocycles. The molecule has 0 spiro atoms. The van der Waals surface area contributed by atoms with E-state index in [-0.39, 0.29) is 23.5 Å². The fourth-order valence-electron chi connectivity index (χ4n) is 1.48. The number of imidazole rings is 1. The SMILES string of the molecule is O=C(O)Cc1ncc(-c2c(F)cccc2F)[nH]1. The molecule has 6 heteroatoms. The van der Waals surface area contributed by atoms with Crippen LogP contribution in [0.25, 0.3) is 11.3 Å². The Morgan fingerprint density at radius 1 is 1.35 bits per heavy atom. The van der Waals surface area contributed by atoms with Crippen molar-refractivity contribution in [1.82, 2.24) is 9.97 Å². The van der Waals surface area contributed by atoms with Gasteiger partial charge in [0.05, 0.1) is 17.5 Å². The molecule has 2 aromatic rings. The highest BCUT2D eigenvalue weighted by Gasteiger charge is 2.14. The van der Waals surface area contributed by atoms with Crippen molar-refractivity contribution in [3.8, 4) is 11.3 Å². The van der Waals surface area contributed by atoms with Gasteiger partial charge in [0.15, 0.2) is 0 Å². The number of benzene rings is 1. The van der Waals surface area contributed by atoms with Crippen LogP contribution in [0.3, 0.4) is 0 Å². The number of H-pyrrole nitrogens is 1. The van der Waals surface area contributed by atoms with Crippen molar-refractivity contribution in [2.45, 2.75) is 6.42 Å². The van der Waals surface area contributed by atoms with Gasteiger partial charge < -0.3 is 10.1 Å². The van der Waals surface area contributed by atoms with Gasteiger partial charge in [-0.1, -0.05) is 6.07 Å². The first-order valence-electron chi connectivity index (χ1n) is 4.78. The fraction of sp³-hybridized carbons (Fsp3) is 0.0909. The number of carbonyl (C=O) groups is 1. The molecule has 0 atom stereocenters. The average Bonchev–Trinajstić information content (AvgIpc) is 2.65. The van der Waals surface area contributed by atoms with Crippen LogP contribution in [0.15, 0.2) is 24.4 Å². The summed E-state index contributed by atoms with van der Waals surface area (Å²) in [6, 6.07) is 3.49. The summed E-state index contributed by atoms with van der Waals surface area (Å²) in [6.07, 6.45) is 0.885. The van der Waals surface area contributed by atoms with E-state index in [2.05, 4.69) is 9.97 Å². The van der Waals surface area contributed by atoms with Crippen molar-refractivity contribution < 1.29 is 18.7 Å². The second-order valence-electron chi connectivity index (χ2n) is 3.41. The fourth-order valence-corrected chi connectivity index (χ4v) is 1.48. The summed E-state index contributed by atoms with van der Waals surface area (Å²) in [5, 5.41) is 8.55. The van der Waals surface area contributed by atoms with Gasteiger partial charge in [0.2, 0.25) is 0 Å². The summed E-state index contributed by atoms with van der Waals surface area (Å²) in [5.41, 5.74) is -0.117. The Bertz CT molecular complexity index is 546. The Hall–Kier alpha value is -2.24. The third kappa shape index (κ3) is 2.30. The zero-order chi connectivity index (χ0) is 12.4. The highest BCUT2D eigenvalue weighted by molar-refractivity contribution is 5.69. The number of aromatic amines is 1. The second-order valence-corrected chi connectivity index (χ2v) is 3.41. The van der Waals surface area contributed by atoms with E-state index in [0.29, 0.717) is 0 Å². The third-order valence-electron chi connectivity index (χ3n) is 2.18. The molecule has 2 N–H and O–H groups in total. The molecular weight excluding hydrogens is 230 g/mol. The quantitative estimate of drug-likeness (QED) is 0.859. The standard InChI is InChI=1S/C11H8F2N2O2/c12-6-2-1-3-7(13)11(6)8-5-14-9(15-8)4-10(16)17/h1-3,5H,4H2,(H,14,15)(H,16,17). The predicted molar refractivity (Wildman–Crippen MR) is 55.3 cm³/mol. The number of hydrogen-bond acceptors (Lipinski definition) is 2. The van der Waals surface area contributed by atoms with Crippen LogP contribution in [0.4, 0.5) is 8.78 Å². The molecule has 1 heterocycles. The molecule has 88 valence electrons. The first-order valence-corrected chi connectivity index (χ1v) is 4.78. The van der Waals surface area contributed by atoms with Gasteiger partial charge in [-0.3, -0.25) is 4.79 Å². The zero-order valence-electron chi connectivity index (χ0n) is 8.58. The summed E-state index contributed by atoms with van der Waals surface area (Å²) in [4.78, 5) is 16.8. The zero-order valence-corrected chi connectivity index (χ0v) is 8.58. The van der Waals surface area contributed by atoms with Crippen LogP contribution in [0.1, 0.15) is 5.82 Å². The van der Waals surface area contributed by atoms with Crippen molar-refractivity contribution in [2.75, 3.05) is 0 Å². The Kier molecular flexibility index (Phi) is 2.86. The van der Waals surface area contributed by atoms with Crippen LogP contribution in [0.2, 0.25) is 0 Å². The van der Waals surface area contributed by atoms with Gasteiger partial charge in [-0.05, 0) is 12.1 Å². The van der Waals surface area contributed by atoms with Crippen molar-refractivity contribution in [3.05, 3.63) is 41.9 Å². The molecule has 0 aliphatic heterocycles. The maximum atomic E-state index is 13.4. The molecule has 0 aliphatic carbocycles. The summed E-state index contributed by atoms with van der Waals surface area (Å²) in [7, 11) is 0. The molecular formula is C11H8F2N2O2. The number of hydrogen-bond donors (Lipinski definition) is 2. The van der Waals surface area contributed by atoms with Gasteiger partial charge >= 0.3 is 5.97 Å². The first-order chi connectivity index (χ1) is 8.08. The number of aliphatic carboxylic acids is 1. The molecule has 0 saturated carbocycles. The largest absolute Gasteiger partial charge is 0.481 e. The van der Waals surface area contributed by atoms with E-state index in [1.165, 1.54) is 12.3 Å². The van der Waals surface area contributed by atoms with Crippen LogP contribution in [-0.4, -0.2) is 21.0 Å². The minimum Gasteiger partial charge on any atom is -0.481 e. The van der Waals surface area contributed by atoms with Crippen LogP contribution >= 0.6 is 0 Å². The number of nitrogens with one attached hydrogen (secondary N) is 1. The van der Waals surface area contributed by atoms with Crippen molar-refractivity contribution in [2.24, 2.45) is 0 Å². The van der Waals surface area contributed by atoms with E-state index < -0.39 is 17.6 Å². The minimum atomic E-state index is -1.07. The minimum absolute atomic E-state index is 0.122. The van der Waals surface area contributed by atoms with Crippen LogP contribution in [-0.2, 0) is 11.2 Å². The maximum Gasteiger partial charge on any atom is 0.311 e. The summed E-state index contributed by atoms with van der Waals surface area (Å²) < 4.78 is 26.8. The molecule has 2 rings (SSSR count). The Morgan fingerprint density at radius 2 is 2.00 bits per heavy atom. The number of carboxylic acid groups (broad SMARTS) is 1. The van der Waals surface area contributed by atoms with Crippen LogP contribution < -0.4 is 0 Å². The van der Waals surface area contributed by atoms with Gasteiger partial charge in [-0.2, -0.15) is 0 Å². The van der Waals surface area contributed by atoms with Crippen molar-refractivity contribution in [1.29, 1.82) is 0 Å². The lowest BCUT2D eigenvalue weighted by atomic mass is 10.1. The molecule has 1 aromatic heterocycles. The van der Waals surface area contributed by atoms with E-state index in [1.54, 1.807) is 0 Å². The van der Waals surface area contributed by atoms with Gasteiger partial charge in [0, 0.05) is 0 Å². The molecule has 0 fully saturated rings. The van der Waals surface area contributed by atoms with Gasteiger partial charge in [-0.25, -0.2) is 13.8 Å². The smallest absolute Gasteiger partial charge is 0.311 e. The number of aromatic nitrogens is 2. The summed E-state index contributed by atoms with van der Waals surface area (Å²) >= 11 is 0. The molecule has 4 nitrogen and oxygen atoms in total. The van der Waals surface area contributed by atoms with Crippen molar-refractivity contribution in [3.63, 3.8) is 0 Å². The highest BCUT2D eigenvalue weighted by atomic mass is 19.1. The predicted octanol–water partition coefficient (Wildman–Crippen LogP) is 1.98. The average molecular weight is 238 g/mol. The lowest BCUT2D eigenvalue weighted by Gasteiger charge is -2.01. The second kappa shape index (κ2) is 4.32. The molecule has 0 unspecified atom stereocenters. The number of carboxylic acids is 1. The van der Waals surface area contributed by atoms with E-state index in [9.17, 15) is 13.6 Å². The third-order valence-corrected chi connectivity index (χ3v) is 2.18. The summed E-state index contributed by atoms with van der Waals surface area (Å²) in [6.45, 7) is 0. The van der Waals surface area contributed by atoms with Crippen LogP contribution in [0.5, 0.6) is 0 Å². The van der Waals surface area contributed by atoms with Gasteiger partial charge in [0.1, 0.15) is 23.9 Å². The number of halogens is 2. The van der Waals surface area contributed by atoms with Crippen LogP contribution in [0, 0.1) is 11.6 Å². The first kappa shape index (κ1) is 11.3. The van der Waals surface area contributed by atoms with Crippen molar-refractivity contribution >= 4 is 5.97 Å². The lowest BCUT2D eigenvalue weighted by Crippen LogP contribution is -2.01. The number of rotatable bonds is 3. The summed E-state index contributed by atoms with van der Waals surface area (Å²) in [5.74, 6) is -2.37. The Balaban J connectivity index is 2.40.